The van der Waals surface area contributed by atoms with Crippen molar-refractivity contribution in [1.29, 1.82) is 0 Å². The number of nitrogens with zero attached hydrogens (tertiary/aromatic N) is 2. The molecular formula is C15H16N4O2. The van der Waals surface area contributed by atoms with Gasteiger partial charge in [0.1, 0.15) is 5.75 Å². The van der Waals surface area contributed by atoms with Crippen molar-refractivity contribution >= 4 is 5.65 Å². The summed E-state index contributed by atoms with van der Waals surface area (Å²) in [5.41, 5.74) is 8.46. The average molecular weight is 284 g/mol. The second-order valence-corrected chi connectivity index (χ2v) is 4.72. The Labute approximate surface area is 121 Å². The maximum atomic E-state index is 12.1. The van der Waals surface area contributed by atoms with Gasteiger partial charge >= 0.3 is 0 Å². The molecule has 0 radical (unpaired) electrons. The molecule has 21 heavy (non-hydrogen) atoms. The van der Waals surface area contributed by atoms with Gasteiger partial charge in [0.15, 0.2) is 5.65 Å². The fourth-order valence-corrected chi connectivity index (χ4v) is 2.23. The molecule has 0 saturated heterocycles. The van der Waals surface area contributed by atoms with Crippen molar-refractivity contribution in [3.8, 4) is 17.0 Å². The van der Waals surface area contributed by atoms with E-state index in [-0.39, 0.29) is 5.56 Å². The lowest BCUT2D eigenvalue weighted by Crippen LogP contribution is -2.17. The number of hydrogen-bond donors (Lipinski definition) is 2. The number of rotatable bonds is 4. The molecule has 3 N–H and O–H groups in total. The number of fused-ring (bicyclic) bond motifs is 1. The van der Waals surface area contributed by atoms with Gasteiger partial charge in [-0.15, -0.1) is 0 Å². The predicted octanol–water partition coefficient (Wildman–Crippen LogP) is 1.20. The first-order valence-electron chi connectivity index (χ1n) is 6.67. The predicted molar refractivity (Wildman–Crippen MR) is 80.6 cm³/mol. The third-order valence-corrected chi connectivity index (χ3v) is 3.30. The van der Waals surface area contributed by atoms with Crippen molar-refractivity contribution in [3.63, 3.8) is 0 Å². The SMILES string of the molecule is COc1ccc(-c2cc3nc(CCN)cc(=O)n3[nH]2)cc1. The normalized spacial score (nSPS) is 11.0. The van der Waals surface area contributed by atoms with Crippen LogP contribution in [0.15, 0.2) is 41.2 Å². The van der Waals surface area contributed by atoms with Gasteiger partial charge in [0.25, 0.3) is 5.56 Å². The van der Waals surface area contributed by atoms with Gasteiger partial charge in [0.05, 0.1) is 12.8 Å². The Kier molecular flexibility index (Phi) is 3.45. The maximum absolute atomic E-state index is 12.1. The van der Waals surface area contributed by atoms with Gasteiger partial charge in [-0.05, 0) is 36.4 Å². The van der Waals surface area contributed by atoms with E-state index in [0.29, 0.717) is 24.3 Å². The molecule has 0 atom stereocenters. The van der Waals surface area contributed by atoms with Crippen molar-refractivity contribution in [2.75, 3.05) is 13.7 Å². The molecule has 0 saturated carbocycles. The Morgan fingerprint density at radius 2 is 2.05 bits per heavy atom. The first-order valence-corrected chi connectivity index (χ1v) is 6.67. The zero-order valence-electron chi connectivity index (χ0n) is 11.7. The molecule has 6 heteroatoms. The summed E-state index contributed by atoms with van der Waals surface area (Å²) in [6.45, 7) is 0.471. The largest absolute Gasteiger partial charge is 0.497 e. The Bertz CT molecular complexity index is 818. The molecule has 6 nitrogen and oxygen atoms in total. The summed E-state index contributed by atoms with van der Waals surface area (Å²) in [7, 11) is 1.63. The van der Waals surface area contributed by atoms with Crippen LogP contribution in [0.5, 0.6) is 5.75 Å². The molecule has 0 bridgehead atoms. The van der Waals surface area contributed by atoms with Crippen molar-refractivity contribution < 1.29 is 4.74 Å². The number of nitrogens with one attached hydrogen (secondary N) is 1. The van der Waals surface area contributed by atoms with E-state index < -0.39 is 0 Å². The van der Waals surface area contributed by atoms with Crippen molar-refractivity contribution in [1.82, 2.24) is 14.6 Å². The summed E-state index contributed by atoms with van der Waals surface area (Å²) in [6, 6.07) is 11.0. The molecule has 0 aliphatic carbocycles. The van der Waals surface area contributed by atoms with Crippen LogP contribution >= 0.6 is 0 Å². The van der Waals surface area contributed by atoms with E-state index in [1.54, 1.807) is 7.11 Å². The van der Waals surface area contributed by atoms with Gasteiger partial charge in [-0.3, -0.25) is 9.89 Å². The minimum absolute atomic E-state index is 0.136. The van der Waals surface area contributed by atoms with Crippen LogP contribution in [0.4, 0.5) is 0 Å². The van der Waals surface area contributed by atoms with E-state index in [9.17, 15) is 4.79 Å². The Balaban J connectivity index is 2.07. The number of nitrogens with two attached hydrogens (primary N) is 1. The second-order valence-electron chi connectivity index (χ2n) is 4.72. The van der Waals surface area contributed by atoms with Crippen molar-refractivity contribution in [3.05, 3.63) is 52.4 Å². The van der Waals surface area contributed by atoms with Crippen LogP contribution in [0, 0.1) is 0 Å². The maximum Gasteiger partial charge on any atom is 0.272 e. The Morgan fingerprint density at radius 3 is 2.71 bits per heavy atom. The molecule has 0 unspecified atom stereocenters. The van der Waals surface area contributed by atoms with Crippen LogP contribution in [0.1, 0.15) is 5.69 Å². The van der Waals surface area contributed by atoms with Crippen LogP contribution in [-0.4, -0.2) is 28.3 Å². The summed E-state index contributed by atoms with van der Waals surface area (Å²) in [6.07, 6.45) is 0.592. The third-order valence-electron chi connectivity index (χ3n) is 3.30. The fraction of sp³-hybridized carbons (Fsp3) is 0.200. The minimum Gasteiger partial charge on any atom is -0.497 e. The molecule has 108 valence electrons. The van der Waals surface area contributed by atoms with Crippen LogP contribution in [0.3, 0.4) is 0 Å². The number of hydrogen-bond acceptors (Lipinski definition) is 4. The number of H-pyrrole nitrogens is 1. The van der Waals surface area contributed by atoms with Gasteiger partial charge in [-0.2, -0.15) is 0 Å². The van der Waals surface area contributed by atoms with Crippen molar-refractivity contribution in [2.45, 2.75) is 6.42 Å². The van der Waals surface area contributed by atoms with E-state index >= 15 is 0 Å². The van der Waals surface area contributed by atoms with E-state index in [0.717, 1.165) is 17.0 Å². The Hall–Kier alpha value is -2.60. The Morgan fingerprint density at radius 1 is 1.29 bits per heavy atom. The molecule has 0 amide bonds. The van der Waals surface area contributed by atoms with E-state index in [4.69, 9.17) is 10.5 Å². The van der Waals surface area contributed by atoms with Crippen LogP contribution in [-0.2, 0) is 6.42 Å². The number of aromatic amines is 1. The van der Waals surface area contributed by atoms with E-state index in [2.05, 4.69) is 10.1 Å². The number of aromatic nitrogens is 3. The number of ether oxygens (including phenoxy) is 1. The average Bonchev–Trinajstić information content (AvgIpc) is 2.92. The molecule has 0 aliphatic rings. The molecule has 2 heterocycles. The molecule has 0 aliphatic heterocycles. The number of benzene rings is 1. The molecule has 1 aromatic carbocycles. The van der Waals surface area contributed by atoms with Gasteiger partial charge in [0.2, 0.25) is 0 Å². The van der Waals surface area contributed by atoms with Gasteiger partial charge in [-0.1, -0.05) is 0 Å². The fourth-order valence-electron chi connectivity index (χ4n) is 2.23. The summed E-state index contributed by atoms with van der Waals surface area (Å²) in [5, 5.41) is 3.06. The summed E-state index contributed by atoms with van der Waals surface area (Å²) < 4.78 is 6.57. The first kappa shape index (κ1) is 13.4. The summed E-state index contributed by atoms with van der Waals surface area (Å²) in [4.78, 5) is 16.5. The highest BCUT2D eigenvalue weighted by Crippen LogP contribution is 2.21. The number of methoxy groups -OCH3 is 1. The van der Waals surface area contributed by atoms with E-state index in [1.807, 2.05) is 30.3 Å². The quantitative estimate of drug-likeness (QED) is 0.754. The highest BCUT2D eigenvalue weighted by Gasteiger charge is 2.07. The van der Waals surface area contributed by atoms with Crippen LogP contribution in [0.25, 0.3) is 16.9 Å². The highest BCUT2D eigenvalue weighted by atomic mass is 16.5. The molecule has 0 spiro atoms. The van der Waals surface area contributed by atoms with Crippen molar-refractivity contribution in [2.24, 2.45) is 5.73 Å². The first-order chi connectivity index (χ1) is 10.2. The zero-order chi connectivity index (χ0) is 14.8. The second kappa shape index (κ2) is 5.41. The standard InChI is InChI=1S/C15H16N4O2/c1-21-12-4-2-10(3-5-12)13-9-14-17-11(6-7-16)8-15(20)19(14)18-13/h2-5,8-9,18H,6-7,16H2,1H3. The topological polar surface area (TPSA) is 85.4 Å². The lowest BCUT2D eigenvalue weighted by atomic mass is 10.1. The molecular weight excluding hydrogens is 268 g/mol. The van der Waals surface area contributed by atoms with Gasteiger partial charge < -0.3 is 10.5 Å². The molecule has 0 fully saturated rings. The lowest BCUT2D eigenvalue weighted by molar-refractivity contribution is 0.415. The zero-order valence-corrected chi connectivity index (χ0v) is 11.7. The minimum atomic E-state index is -0.136. The van der Waals surface area contributed by atoms with Gasteiger partial charge in [0, 0.05) is 24.2 Å². The van der Waals surface area contributed by atoms with Crippen LogP contribution in [0.2, 0.25) is 0 Å². The third kappa shape index (κ3) is 2.53. The van der Waals surface area contributed by atoms with E-state index in [1.165, 1.54) is 10.6 Å². The summed E-state index contributed by atoms with van der Waals surface area (Å²) >= 11 is 0. The van der Waals surface area contributed by atoms with Gasteiger partial charge in [-0.25, -0.2) is 9.50 Å². The van der Waals surface area contributed by atoms with Crippen LogP contribution < -0.4 is 16.0 Å². The molecule has 3 aromatic rings. The molecule has 2 aromatic heterocycles. The smallest absolute Gasteiger partial charge is 0.272 e. The molecule has 3 rings (SSSR count). The lowest BCUT2D eigenvalue weighted by Gasteiger charge is -2.00. The summed E-state index contributed by atoms with van der Waals surface area (Å²) in [5.74, 6) is 0.787. The monoisotopic (exact) mass is 284 g/mol. The highest BCUT2D eigenvalue weighted by molar-refractivity contribution is 5.64.